The van der Waals surface area contributed by atoms with Crippen LogP contribution in [0.4, 0.5) is 0 Å². The Hall–Kier alpha value is -1.06. The highest BCUT2D eigenvalue weighted by Crippen LogP contribution is 2.20. The minimum atomic E-state index is -0.705. The number of esters is 2. The molecule has 0 unspecified atom stereocenters. The predicted molar refractivity (Wildman–Crippen MR) is 44.7 cm³/mol. The molecule has 0 spiro atoms. The second kappa shape index (κ2) is 4.84. The molecule has 0 N–H and O–H groups in total. The van der Waals surface area contributed by atoms with E-state index in [1.807, 2.05) is 0 Å². The largest absolute Gasteiger partial charge is 0.460 e. The van der Waals surface area contributed by atoms with Crippen molar-refractivity contribution in [3.63, 3.8) is 0 Å². The van der Waals surface area contributed by atoms with Crippen molar-refractivity contribution in [2.45, 2.75) is 31.8 Å². The molecular weight excluding hydrogens is 172 g/mol. The van der Waals surface area contributed by atoms with Gasteiger partial charge >= 0.3 is 11.9 Å². The first-order valence-electron chi connectivity index (χ1n) is 4.36. The molecule has 4 nitrogen and oxygen atoms in total. The van der Waals surface area contributed by atoms with Gasteiger partial charge in [-0.2, -0.15) is 0 Å². The average Bonchev–Trinajstić information content (AvgIpc) is 2.53. The average molecular weight is 185 g/mol. The zero-order valence-electron chi connectivity index (χ0n) is 7.45. The van der Waals surface area contributed by atoms with Gasteiger partial charge < -0.3 is 9.47 Å². The van der Waals surface area contributed by atoms with Crippen LogP contribution in [0.3, 0.4) is 0 Å². The van der Waals surface area contributed by atoms with E-state index >= 15 is 0 Å². The Morgan fingerprint density at radius 2 is 1.92 bits per heavy atom. The smallest absolute Gasteiger partial charge is 0.344 e. The first kappa shape index (κ1) is 10.0. The summed E-state index contributed by atoms with van der Waals surface area (Å²) in [6.07, 6.45) is 4.07. The fraction of sp³-hybridized carbons (Fsp3) is 0.667. The molecule has 1 aliphatic rings. The third-order valence-corrected chi connectivity index (χ3v) is 1.95. The molecule has 1 saturated carbocycles. The summed E-state index contributed by atoms with van der Waals surface area (Å²) in [5.74, 6) is -1.19. The van der Waals surface area contributed by atoms with E-state index < -0.39 is 11.9 Å². The summed E-state index contributed by atoms with van der Waals surface area (Å²) < 4.78 is 9.41. The Bertz CT molecular complexity index is 194. The van der Waals surface area contributed by atoms with Crippen LogP contribution in [-0.2, 0) is 19.1 Å². The van der Waals surface area contributed by atoms with E-state index in [9.17, 15) is 9.59 Å². The maximum Gasteiger partial charge on any atom is 0.344 e. The molecule has 1 fully saturated rings. The van der Waals surface area contributed by atoms with Gasteiger partial charge in [-0.3, -0.25) is 4.79 Å². The second-order valence-corrected chi connectivity index (χ2v) is 3.06. The number of hydrogen-bond donors (Lipinski definition) is 0. The van der Waals surface area contributed by atoms with Gasteiger partial charge in [-0.25, -0.2) is 4.79 Å². The molecule has 0 aromatic heterocycles. The summed E-state index contributed by atoms with van der Waals surface area (Å²) in [6, 6.07) is 0. The van der Waals surface area contributed by atoms with Gasteiger partial charge in [-0.05, 0) is 25.7 Å². The van der Waals surface area contributed by atoms with Crippen LogP contribution in [0.1, 0.15) is 25.7 Å². The van der Waals surface area contributed by atoms with Crippen molar-refractivity contribution in [2.24, 2.45) is 0 Å². The highest BCUT2D eigenvalue weighted by atomic mass is 16.6. The molecule has 0 aliphatic heterocycles. The van der Waals surface area contributed by atoms with Crippen LogP contribution in [0.5, 0.6) is 0 Å². The fourth-order valence-corrected chi connectivity index (χ4v) is 1.37. The lowest BCUT2D eigenvalue weighted by Gasteiger charge is -2.10. The summed E-state index contributed by atoms with van der Waals surface area (Å²) in [4.78, 5) is 21.2. The molecule has 0 bridgehead atoms. The SMILES string of the molecule is [CH2]C(=O)OCC(=O)OC1CCCC1. The van der Waals surface area contributed by atoms with E-state index in [4.69, 9.17) is 4.74 Å². The van der Waals surface area contributed by atoms with E-state index in [-0.39, 0.29) is 12.7 Å². The maximum absolute atomic E-state index is 11.0. The molecule has 0 amide bonds. The van der Waals surface area contributed by atoms with Crippen molar-refractivity contribution in [2.75, 3.05) is 6.61 Å². The van der Waals surface area contributed by atoms with Crippen LogP contribution in [0, 0.1) is 6.92 Å². The highest BCUT2D eigenvalue weighted by Gasteiger charge is 2.19. The standard InChI is InChI=1S/C9H13O4/c1-7(10)12-6-9(11)13-8-4-2-3-5-8/h8H,1-6H2. The van der Waals surface area contributed by atoms with Crippen molar-refractivity contribution in [3.8, 4) is 0 Å². The van der Waals surface area contributed by atoms with Gasteiger partial charge in [0.2, 0.25) is 0 Å². The molecule has 0 heterocycles. The first-order valence-corrected chi connectivity index (χ1v) is 4.36. The summed E-state index contributed by atoms with van der Waals surface area (Å²) >= 11 is 0. The fourth-order valence-electron chi connectivity index (χ4n) is 1.37. The van der Waals surface area contributed by atoms with Crippen LogP contribution in [-0.4, -0.2) is 24.6 Å². The lowest BCUT2D eigenvalue weighted by Crippen LogP contribution is -2.20. The van der Waals surface area contributed by atoms with Crippen molar-refractivity contribution < 1.29 is 19.1 Å². The van der Waals surface area contributed by atoms with Gasteiger partial charge in [0.25, 0.3) is 0 Å². The Morgan fingerprint density at radius 3 is 2.46 bits per heavy atom. The van der Waals surface area contributed by atoms with Crippen LogP contribution in [0.15, 0.2) is 0 Å². The zero-order valence-corrected chi connectivity index (χ0v) is 7.45. The van der Waals surface area contributed by atoms with Gasteiger partial charge in [0, 0.05) is 0 Å². The molecule has 4 heteroatoms. The first-order chi connectivity index (χ1) is 6.18. The molecule has 13 heavy (non-hydrogen) atoms. The van der Waals surface area contributed by atoms with Crippen molar-refractivity contribution in [1.82, 2.24) is 0 Å². The summed E-state index contributed by atoms with van der Waals surface area (Å²) in [7, 11) is 0. The van der Waals surface area contributed by atoms with Crippen LogP contribution >= 0.6 is 0 Å². The molecule has 1 rings (SSSR count). The second-order valence-electron chi connectivity index (χ2n) is 3.06. The van der Waals surface area contributed by atoms with E-state index in [0.29, 0.717) is 0 Å². The topological polar surface area (TPSA) is 52.6 Å². The predicted octanol–water partition coefficient (Wildman–Crippen LogP) is 0.849. The minimum Gasteiger partial charge on any atom is -0.460 e. The molecule has 73 valence electrons. The molecular formula is C9H13O4. The Morgan fingerprint density at radius 1 is 1.31 bits per heavy atom. The van der Waals surface area contributed by atoms with Crippen LogP contribution in [0.2, 0.25) is 0 Å². The van der Waals surface area contributed by atoms with E-state index in [0.717, 1.165) is 25.7 Å². The monoisotopic (exact) mass is 185 g/mol. The van der Waals surface area contributed by atoms with Crippen molar-refractivity contribution in [1.29, 1.82) is 0 Å². The summed E-state index contributed by atoms with van der Waals surface area (Å²) in [5.41, 5.74) is 0. The van der Waals surface area contributed by atoms with Gasteiger partial charge in [0.1, 0.15) is 6.10 Å². The maximum atomic E-state index is 11.0. The van der Waals surface area contributed by atoms with Crippen molar-refractivity contribution >= 4 is 11.9 Å². The molecule has 0 saturated heterocycles. The molecule has 1 aliphatic carbocycles. The number of rotatable bonds is 3. The third-order valence-electron chi connectivity index (χ3n) is 1.95. The molecule has 1 radical (unpaired) electrons. The van der Waals surface area contributed by atoms with Gasteiger partial charge in [0.05, 0.1) is 6.92 Å². The van der Waals surface area contributed by atoms with E-state index in [1.165, 1.54) is 0 Å². The number of carbonyl (C=O) groups excluding carboxylic acids is 2. The Kier molecular flexibility index (Phi) is 3.73. The third kappa shape index (κ3) is 3.92. The lowest BCUT2D eigenvalue weighted by molar-refractivity contribution is -0.160. The quantitative estimate of drug-likeness (QED) is 0.611. The summed E-state index contributed by atoms with van der Waals surface area (Å²) in [6.45, 7) is 2.65. The Labute approximate surface area is 77.2 Å². The summed E-state index contributed by atoms with van der Waals surface area (Å²) in [5, 5.41) is 0. The molecule has 0 aromatic rings. The van der Waals surface area contributed by atoms with Crippen LogP contribution in [0.25, 0.3) is 0 Å². The lowest BCUT2D eigenvalue weighted by atomic mass is 10.3. The van der Waals surface area contributed by atoms with Gasteiger partial charge in [-0.15, -0.1) is 0 Å². The van der Waals surface area contributed by atoms with E-state index in [2.05, 4.69) is 11.7 Å². The Balaban J connectivity index is 2.13. The van der Waals surface area contributed by atoms with Crippen molar-refractivity contribution in [3.05, 3.63) is 6.92 Å². The zero-order chi connectivity index (χ0) is 9.68. The van der Waals surface area contributed by atoms with Gasteiger partial charge in [-0.1, -0.05) is 0 Å². The minimum absolute atomic E-state index is 0.0241. The van der Waals surface area contributed by atoms with E-state index in [1.54, 1.807) is 0 Å². The number of ether oxygens (including phenoxy) is 2. The van der Waals surface area contributed by atoms with Crippen LogP contribution < -0.4 is 0 Å². The highest BCUT2D eigenvalue weighted by molar-refractivity contribution is 5.78. The number of carbonyl (C=O) groups is 2. The molecule has 0 aromatic carbocycles. The molecule has 0 atom stereocenters. The van der Waals surface area contributed by atoms with Gasteiger partial charge in [0.15, 0.2) is 6.61 Å². The number of hydrogen-bond acceptors (Lipinski definition) is 4. The normalized spacial score (nSPS) is 17.0.